The van der Waals surface area contributed by atoms with E-state index in [1.807, 2.05) is 19.1 Å². The first-order chi connectivity index (χ1) is 22.6. The van der Waals surface area contributed by atoms with Gasteiger partial charge < -0.3 is 23.8 Å². The van der Waals surface area contributed by atoms with Crippen LogP contribution in [0, 0.1) is 17.8 Å². The van der Waals surface area contributed by atoms with E-state index < -0.39 is 21.2 Å². The fourth-order valence-corrected chi connectivity index (χ4v) is 9.53. The summed E-state index contributed by atoms with van der Waals surface area (Å²) in [5, 5.41) is -0.171. The van der Waals surface area contributed by atoms with Gasteiger partial charge in [-0.3, -0.25) is 4.79 Å². The van der Waals surface area contributed by atoms with Crippen LogP contribution < -0.4 is 14.4 Å². The van der Waals surface area contributed by atoms with Crippen molar-refractivity contribution in [1.29, 1.82) is 0 Å². The number of aryl methyl sites for hydroxylation is 1. The van der Waals surface area contributed by atoms with Gasteiger partial charge in [0.1, 0.15) is 11.0 Å². The third-order valence-corrected chi connectivity index (χ3v) is 12.5. The van der Waals surface area contributed by atoms with Gasteiger partial charge in [-0.15, -0.1) is 0 Å². The summed E-state index contributed by atoms with van der Waals surface area (Å²) >= 11 is 6.44. The number of nitrogens with zero attached hydrogens (tertiary/aromatic N) is 1. The largest absolute Gasteiger partial charge is 0.490 e. The van der Waals surface area contributed by atoms with Crippen molar-refractivity contribution in [3.63, 3.8) is 0 Å². The average Bonchev–Trinajstić information content (AvgIpc) is 3.17. The van der Waals surface area contributed by atoms with Crippen LogP contribution in [0.3, 0.4) is 0 Å². The van der Waals surface area contributed by atoms with Gasteiger partial charge in [0.2, 0.25) is 10.0 Å². The Balaban J connectivity index is 1.42. The predicted octanol–water partition coefficient (Wildman–Crippen LogP) is 5.54. The Bertz CT molecular complexity index is 1580. The van der Waals surface area contributed by atoms with Gasteiger partial charge in [0.25, 0.3) is 5.91 Å². The van der Waals surface area contributed by atoms with Crippen LogP contribution in [0.15, 0.2) is 48.6 Å². The Kier molecular flexibility index (Phi) is 10.5. The Hall–Kier alpha value is -2.63. The first-order valence-electron chi connectivity index (χ1n) is 16.8. The number of halogens is 1. The van der Waals surface area contributed by atoms with E-state index in [1.165, 1.54) is 18.2 Å². The van der Waals surface area contributed by atoms with Crippen LogP contribution in [0.2, 0.25) is 5.02 Å². The van der Waals surface area contributed by atoms with Gasteiger partial charge in [-0.1, -0.05) is 36.7 Å². The molecule has 0 saturated heterocycles. The summed E-state index contributed by atoms with van der Waals surface area (Å²) in [4.78, 5) is 16.0. The van der Waals surface area contributed by atoms with Gasteiger partial charge in [-0.05, 0) is 97.7 Å². The molecule has 9 nitrogen and oxygen atoms in total. The molecule has 2 bridgehead atoms. The number of nitrogens with one attached hydrogen (secondary N) is 1. The SMILES string of the molecule is COCCO[C@H]1/C=C\[C@@H](C)C[C@@H](COC)S(=O)(=O)NC(=O)c2ccc3c(c2)N(C[C@@H]2CC[C@H]21)C[C@@]1(CCCc2cc(Cl)ccc21)CO3. The number of carbonyl (C=O) groups excluding carboxylic acids is 1. The summed E-state index contributed by atoms with van der Waals surface area (Å²) in [5.74, 6) is 0.585. The maximum absolute atomic E-state index is 13.6. The Labute approximate surface area is 284 Å². The van der Waals surface area contributed by atoms with E-state index in [9.17, 15) is 13.2 Å². The molecule has 256 valence electrons. The zero-order valence-electron chi connectivity index (χ0n) is 27.6. The molecule has 2 heterocycles. The molecule has 2 aliphatic heterocycles. The number of methoxy groups -OCH3 is 2. The zero-order chi connectivity index (χ0) is 33.2. The summed E-state index contributed by atoms with van der Waals surface area (Å²) in [7, 11) is -0.905. The lowest BCUT2D eigenvalue weighted by Crippen LogP contribution is -2.49. The summed E-state index contributed by atoms with van der Waals surface area (Å²) in [5.41, 5.74) is 3.34. The van der Waals surface area contributed by atoms with Crippen LogP contribution in [-0.2, 0) is 36.1 Å². The third-order valence-electron chi connectivity index (χ3n) is 10.5. The highest BCUT2D eigenvalue weighted by molar-refractivity contribution is 7.90. The maximum atomic E-state index is 13.6. The quantitative estimate of drug-likeness (QED) is 0.312. The molecular weight excluding hydrogens is 640 g/mol. The average molecular weight is 687 g/mol. The van der Waals surface area contributed by atoms with Gasteiger partial charge in [-0.25, -0.2) is 13.1 Å². The second kappa shape index (κ2) is 14.5. The van der Waals surface area contributed by atoms with Gasteiger partial charge in [-0.2, -0.15) is 0 Å². The predicted molar refractivity (Wildman–Crippen MR) is 183 cm³/mol. The number of ether oxygens (including phenoxy) is 4. The molecule has 1 N–H and O–H groups in total. The van der Waals surface area contributed by atoms with E-state index in [-0.39, 0.29) is 35.5 Å². The van der Waals surface area contributed by atoms with Crippen molar-refractivity contribution in [3.05, 3.63) is 70.3 Å². The maximum Gasteiger partial charge on any atom is 0.264 e. The number of fused-ring (bicyclic) bond motifs is 4. The number of allylic oxidation sites excluding steroid dienone is 1. The summed E-state index contributed by atoms with van der Waals surface area (Å²) in [6.45, 7) is 4.90. The first kappa shape index (κ1) is 34.2. The Morgan fingerprint density at radius 1 is 1.09 bits per heavy atom. The highest BCUT2D eigenvalue weighted by Gasteiger charge is 2.44. The van der Waals surface area contributed by atoms with Crippen LogP contribution in [0.5, 0.6) is 5.75 Å². The van der Waals surface area contributed by atoms with Crippen molar-refractivity contribution >= 4 is 33.2 Å². The Morgan fingerprint density at radius 2 is 1.94 bits per heavy atom. The van der Waals surface area contributed by atoms with E-state index in [1.54, 1.807) is 19.2 Å². The molecular formula is C36H47ClN2O7S. The standard InChI is InChI=1S/C36H47ClN2O7S/c1-24-6-12-33(45-16-15-43-2)30-10-7-27(30)20-39-22-36(14-4-5-25-18-28(37)9-11-31(25)36)23-46-34-13-8-26(19-32(34)39)35(40)38-47(41,42)29(17-24)21-44-3/h6,8-9,11-13,18-19,24,27,29-30,33H,4-5,7,10,14-17,20-23H2,1-3H3,(H,38,40)/b12-6-/t24-,27+,29+,30-,33+,36+/m1/s1. The number of rotatable bonds is 6. The van der Waals surface area contributed by atoms with Crippen LogP contribution >= 0.6 is 11.6 Å². The zero-order valence-corrected chi connectivity index (χ0v) is 29.2. The van der Waals surface area contributed by atoms with Gasteiger partial charge in [0.15, 0.2) is 0 Å². The fraction of sp³-hybridized carbons (Fsp3) is 0.583. The van der Waals surface area contributed by atoms with Crippen molar-refractivity contribution in [1.82, 2.24) is 4.72 Å². The van der Waals surface area contributed by atoms with E-state index in [4.69, 9.17) is 30.5 Å². The van der Waals surface area contributed by atoms with E-state index in [0.717, 1.165) is 49.4 Å². The highest BCUT2D eigenvalue weighted by atomic mass is 35.5. The lowest BCUT2D eigenvalue weighted by molar-refractivity contribution is -0.0310. The van der Waals surface area contributed by atoms with Crippen molar-refractivity contribution in [2.75, 3.05) is 58.6 Å². The minimum atomic E-state index is -4.05. The smallest absolute Gasteiger partial charge is 0.264 e. The molecule has 1 fully saturated rings. The van der Waals surface area contributed by atoms with Crippen LogP contribution in [-0.4, -0.2) is 79.4 Å². The molecule has 2 aromatic rings. The Morgan fingerprint density at radius 3 is 2.70 bits per heavy atom. The first-order valence-corrected chi connectivity index (χ1v) is 18.7. The summed E-state index contributed by atoms with van der Waals surface area (Å²) in [6, 6.07) is 11.5. The second-order valence-corrected chi connectivity index (χ2v) is 16.2. The molecule has 0 radical (unpaired) electrons. The highest BCUT2D eigenvalue weighted by Crippen LogP contribution is 2.47. The molecule has 0 unspecified atom stereocenters. The van der Waals surface area contributed by atoms with Gasteiger partial charge >= 0.3 is 0 Å². The van der Waals surface area contributed by atoms with Gasteiger partial charge in [0, 0.05) is 43.3 Å². The second-order valence-electron chi connectivity index (χ2n) is 13.8. The summed E-state index contributed by atoms with van der Waals surface area (Å²) < 4.78 is 53.1. The molecule has 1 amide bonds. The third kappa shape index (κ3) is 7.37. The normalized spacial score (nSPS) is 31.0. The molecule has 47 heavy (non-hydrogen) atoms. The molecule has 4 aliphatic rings. The van der Waals surface area contributed by atoms with E-state index >= 15 is 0 Å². The molecule has 2 aliphatic carbocycles. The van der Waals surface area contributed by atoms with Crippen molar-refractivity contribution in [3.8, 4) is 5.75 Å². The number of anilines is 1. The number of amides is 1. The lowest BCUT2D eigenvalue weighted by Gasteiger charge is -2.46. The van der Waals surface area contributed by atoms with Crippen molar-refractivity contribution < 1.29 is 32.2 Å². The van der Waals surface area contributed by atoms with Crippen LogP contribution in [0.1, 0.15) is 60.5 Å². The topological polar surface area (TPSA) is 103 Å². The van der Waals surface area contributed by atoms with Crippen molar-refractivity contribution in [2.45, 2.75) is 62.2 Å². The number of hydrogen-bond acceptors (Lipinski definition) is 8. The minimum absolute atomic E-state index is 0.0279. The molecule has 1 spiro atoms. The number of carbonyl (C=O) groups is 1. The molecule has 2 aromatic carbocycles. The van der Waals surface area contributed by atoms with E-state index in [2.05, 4.69) is 33.9 Å². The number of benzene rings is 2. The van der Waals surface area contributed by atoms with Crippen LogP contribution in [0.25, 0.3) is 0 Å². The minimum Gasteiger partial charge on any atom is -0.490 e. The van der Waals surface area contributed by atoms with E-state index in [0.29, 0.717) is 44.5 Å². The molecule has 0 aromatic heterocycles. The van der Waals surface area contributed by atoms with Gasteiger partial charge in [0.05, 0.1) is 38.2 Å². The van der Waals surface area contributed by atoms with Crippen LogP contribution in [0.4, 0.5) is 5.69 Å². The monoisotopic (exact) mass is 686 g/mol. The number of sulfonamides is 1. The number of hydrogen-bond donors (Lipinski definition) is 1. The molecule has 6 rings (SSSR count). The molecule has 6 atom stereocenters. The van der Waals surface area contributed by atoms with Crippen molar-refractivity contribution in [2.24, 2.45) is 17.8 Å². The summed E-state index contributed by atoms with van der Waals surface area (Å²) in [6.07, 6.45) is 9.41. The fourth-order valence-electron chi connectivity index (χ4n) is 7.92. The molecule has 1 saturated carbocycles. The molecule has 11 heteroatoms. The lowest BCUT2D eigenvalue weighted by atomic mass is 9.68.